The Bertz CT molecular complexity index is 720. The Morgan fingerprint density at radius 2 is 1.79 bits per heavy atom. The van der Waals surface area contributed by atoms with Crippen molar-refractivity contribution in [2.75, 3.05) is 0 Å². The van der Waals surface area contributed by atoms with Gasteiger partial charge in [-0.3, -0.25) is 0 Å². The van der Waals surface area contributed by atoms with Gasteiger partial charge in [0.15, 0.2) is 5.65 Å². The van der Waals surface area contributed by atoms with Gasteiger partial charge in [-0.05, 0) is 30.3 Å². The Labute approximate surface area is 106 Å². The van der Waals surface area contributed by atoms with Crippen molar-refractivity contribution < 1.29 is 13.2 Å². The lowest BCUT2D eigenvalue weighted by atomic mass is 10.1. The molecule has 0 aliphatic heterocycles. The molecule has 2 aromatic heterocycles. The SMILES string of the molecule is Fc1ccc(-c2cc(C(F)F)n3nccc3n2)cc1. The van der Waals surface area contributed by atoms with Gasteiger partial charge in [-0.25, -0.2) is 22.7 Å². The Morgan fingerprint density at radius 3 is 2.47 bits per heavy atom. The number of nitrogens with zero attached hydrogens (tertiary/aromatic N) is 3. The van der Waals surface area contributed by atoms with Crippen LogP contribution >= 0.6 is 0 Å². The maximum absolute atomic E-state index is 13.0. The molecule has 1 aromatic carbocycles. The topological polar surface area (TPSA) is 30.2 Å². The van der Waals surface area contributed by atoms with Gasteiger partial charge in [0.1, 0.15) is 11.5 Å². The van der Waals surface area contributed by atoms with Gasteiger partial charge in [0.2, 0.25) is 0 Å². The van der Waals surface area contributed by atoms with Crippen LogP contribution in [-0.4, -0.2) is 14.6 Å². The van der Waals surface area contributed by atoms with E-state index >= 15 is 0 Å². The molecule has 0 aliphatic rings. The quantitative estimate of drug-likeness (QED) is 0.708. The molecule has 0 spiro atoms. The molecule has 0 amide bonds. The van der Waals surface area contributed by atoms with Crippen molar-refractivity contribution in [2.45, 2.75) is 6.43 Å². The lowest BCUT2D eigenvalue weighted by molar-refractivity contribution is 0.143. The summed E-state index contributed by atoms with van der Waals surface area (Å²) in [5.41, 5.74) is 1.03. The number of fused-ring (bicyclic) bond motifs is 1. The number of hydrogen-bond donors (Lipinski definition) is 0. The number of halogens is 3. The first kappa shape index (κ1) is 11.7. The molecule has 96 valence electrons. The van der Waals surface area contributed by atoms with Crippen LogP contribution in [0.25, 0.3) is 16.9 Å². The fourth-order valence-corrected chi connectivity index (χ4v) is 1.86. The third-order valence-electron chi connectivity index (χ3n) is 2.75. The van der Waals surface area contributed by atoms with E-state index in [0.717, 1.165) is 4.52 Å². The molecular weight excluding hydrogens is 255 g/mol. The van der Waals surface area contributed by atoms with Crippen LogP contribution in [0.3, 0.4) is 0 Å². The monoisotopic (exact) mass is 263 g/mol. The predicted molar refractivity (Wildman–Crippen MR) is 63.3 cm³/mol. The molecule has 0 aliphatic carbocycles. The maximum atomic E-state index is 13.0. The van der Waals surface area contributed by atoms with Crippen molar-refractivity contribution in [1.29, 1.82) is 0 Å². The van der Waals surface area contributed by atoms with Gasteiger partial charge in [0, 0.05) is 11.6 Å². The molecule has 0 radical (unpaired) electrons. The molecule has 3 rings (SSSR count). The van der Waals surface area contributed by atoms with E-state index in [0.29, 0.717) is 16.9 Å². The molecule has 0 fully saturated rings. The van der Waals surface area contributed by atoms with Crippen molar-refractivity contribution >= 4 is 5.65 Å². The highest BCUT2D eigenvalue weighted by Gasteiger charge is 2.15. The minimum absolute atomic E-state index is 0.241. The number of aromatic nitrogens is 3. The average Bonchev–Trinajstić information content (AvgIpc) is 2.86. The minimum atomic E-state index is -2.66. The zero-order valence-electron chi connectivity index (χ0n) is 9.59. The molecule has 0 N–H and O–H groups in total. The summed E-state index contributed by atoms with van der Waals surface area (Å²) in [6, 6.07) is 8.33. The van der Waals surface area contributed by atoms with Gasteiger partial charge in [0.25, 0.3) is 6.43 Å². The zero-order valence-corrected chi connectivity index (χ0v) is 9.59. The largest absolute Gasteiger partial charge is 0.280 e. The van der Waals surface area contributed by atoms with Gasteiger partial charge < -0.3 is 0 Å². The second-order valence-corrected chi connectivity index (χ2v) is 3.98. The maximum Gasteiger partial charge on any atom is 0.280 e. The van der Waals surface area contributed by atoms with E-state index < -0.39 is 6.43 Å². The van der Waals surface area contributed by atoms with Crippen LogP contribution in [0, 0.1) is 5.82 Å². The van der Waals surface area contributed by atoms with E-state index in [-0.39, 0.29) is 11.5 Å². The molecule has 0 bridgehead atoms. The first-order chi connectivity index (χ1) is 9.15. The number of hydrogen-bond acceptors (Lipinski definition) is 2. The summed E-state index contributed by atoms with van der Waals surface area (Å²) in [7, 11) is 0. The van der Waals surface area contributed by atoms with Gasteiger partial charge >= 0.3 is 0 Å². The molecule has 6 heteroatoms. The molecule has 3 aromatic rings. The molecule has 3 nitrogen and oxygen atoms in total. The fourth-order valence-electron chi connectivity index (χ4n) is 1.86. The van der Waals surface area contributed by atoms with E-state index in [2.05, 4.69) is 10.1 Å². The summed E-state index contributed by atoms with van der Waals surface area (Å²) < 4.78 is 39.9. The lowest BCUT2D eigenvalue weighted by Crippen LogP contribution is -2.02. The second kappa shape index (κ2) is 4.38. The standard InChI is InChI=1S/C13H8F3N3/c14-9-3-1-8(2-4-9)10-7-11(13(15)16)19-12(18-10)5-6-17-19/h1-7,13H. The Hall–Kier alpha value is -2.37. The van der Waals surface area contributed by atoms with Gasteiger partial charge in [-0.1, -0.05) is 0 Å². The van der Waals surface area contributed by atoms with Gasteiger partial charge in [-0.2, -0.15) is 5.10 Å². The van der Waals surface area contributed by atoms with Crippen LogP contribution in [-0.2, 0) is 0 Å². The van der Waals surface area contributed by atoms with Crippen molar-refractivity contribution in [3.05, 3.63) is 54.1 Å². The third kappa shape index (κ3) is 2.05. The van der Waals surface area contributed by atoms with E-state index in [1.165, 1.54) is 36.5 Å². The average molecular weight is 263 g/mol. The second-order valence-electron chi connectivity index (χ2n) is 3.98. The molecular formula is C13H8F3N3. The highest BCUT2D eigenvalue weighted by molar-refractivity contribution is 5.62. The highest BCUT2D eigenvalue weighted by Crippen LogP contribution is 2.25. The van der Waals surface area contributed by atoms with E-state index in [1.807, 2.05) is 0 Å². The molecule has 19 heavy (non-hydrogen) atoms. The van der Waals surface area contributed by atoms with Gasteiger partial charge in [0.05, 0.1) is 11.9 Å². The van der Waals surface area contributed by atoms with Crippen molar-refractivity contribution in [2.24, 2.45) is 0 Å². The smallest absolute Gasteiger partial charge is 0.229 e. The number of rotatable bonds is 2. The van der Waals surface area contributed by atoms with Gasteiger partial charge in [-0.15, -0.1) is 0 Å². The van der Waals surface area contributed by atoms with Crippen LogP contribution in [0.2, 0.25) is 0 Å². The van der Waals surface area contributed by atoms with Crippen molar-refractivity contribution in [3.63, 3.8) is 0 Å². The Balaban J connectivity index is 2.21. The first-order valence-corrected chi connectivity index (χ1v) is 5.54. The van der Waals surface area contributed by atoms with Crippen molar-refractivity contribution in [1.82, 2.24) is 14.6 Å². The predicted octanol–water partition coefficient (Wildman–Crippen LogP) is 3.47. The Kier molecular flexibility index (Phi) is 2.70. The normalized spacial score (nSPS) is 11.4. The summed E-state index contributed by atoms with van der Waals surface area (Å²) in [5.74, 6) is -0.386. The van der Waals surface area contributed by atoms with E-state index in [4.69, 9.17) is 0 Å². The summed E-state index contributed by atoms with van der Waals surface area (Å²) in [5, 5.41) is 3.80. The third-order valence-corrected chi connectivity index (χ3v) is 2.75. The first-order valence-electron chi connectivity index (χ1n) is 5.54. The number of benzene rings is 1. The highest BCUT2D eigenvalue weighted by atomic mass is 19.3. The molecule has 0 saturated heterocycles. The zero-order chi connectivity index (χ0) is 13.4. The summed E-state index contributed by atoms with van der Waals surface area (Å²) in [4.78, 5) is 4.22. The minimum Gasteiger partial charge on any atom is -0.229 e. The van der Waals surface area contributed by atoms with Crippen LogP contribution in [0.1, 0.15) is 12.1 Å². The molecule has 0 unspecified atom stereocenters. The van der Waals surface area contributed by atoms with E-state index in [1.54, 1.807) is 6.07 Å². The fraction of sp³-hybridized carbons (Fsp3) is 0.0769. The molecule has 0 saturated carbocycles. The lowest BCUT2D eigenvalue weighted by Gasteiger charge is -2.07. The van der Waals surface area contributed by atoms with Crippen LogP contribution in [0.5, 0.6) is 0 Å². The molecule has 0 atom stereocenters. The summed E-state index contributed by atoms with van der Waals surface area (Å²) in [6.45, 7) is 0. The van der Waals surface area contributed by atoms with Crippen LogP contribution in [0.4, 0.5) is 13.2 Å². The number of alkyl halides is 2. The van der Waals surface area contributed by atoms with Crippen LogP contribution < -0.4 is 0 Å². The van der Waals surface area contributed by atoms with Crippen molar-refractivity contribution in [3.8, 4) is 11.3 Å². The van der Waals surface area contributed by atoms with Crippen LogP contribution in [0.15, 0.2) is 42.6 Å². The van der Waals surface area contributed by atoms with E-state index in [9.17, 15) is 13.2 Å². The summed E-state index contributed by atoms with van der Waals surface area (Å²) in [6.07, 6.45) is -1.26. The summed E-state index contributed by atoms with van der Waals surface area (Å²) >= 11 is 0. The Morgan fingerprint density at radius 1 is 1.05 bits per heavy atom. The molecule has 2 heterocycles.